The summed E-state index contributed by atoms with van der Waals surface area (Å²) in [6, 6.07) is 1.99. The minimum absolute atomic E-state index is 0.430. The van der Waals surface area contributed by atoms with Crippen molar-refractivity contribution in [2.75, 3.05) is 25.5 Å². The zero-order valence-electron chi connectivity index (χ0n) is 13.7. The van der Waals surface area contributed by atoms with E-state index >= 15 is 0 Å². The standard InChI is InChI=1S/C16H23N5S/c1-10-8-14(20-16-18-11(2)12(3)22-16)19-15(17-10)13-6-5-7-21(4)9-13/h8,13H,5-7,9H2,1-4H3,(H,17,18,19,20)/t13-/m0/s1. The molecule has 0 spiro atoms. The van der Waals surface area contributed by atoms with Crippen molar-refractivity contribution in [3.05, 3.63) is 28.2 Å². The molecule has 3 heterocycles. The number of nitrogens with zero attached hydrogens (tertiary/aromatic N) is 4. The maximum absolute atomic E-state index is 4.74. The van der Waals surface area contributed by atoms with Crippen molar-refractivity contribution in [2.24, 2.45) is 0 Å². The van der Waals surface area contributed by atoms with Crippen molar-refractivity contribution in [2.45, 2.75) is 39.5 Å². The van der Waals surface area contributed by atoms with E-state index in [0.717, 1.165) is 34.7 Å². The molecule has 118 valence electrons. The van der Waals surface area contributed by atoms with Gasteiger partial charge >= 0.3 is 0 Å². The van der Waals surface area contributed by atoms with Gasteiger partial charge in [-0.15, -0.1) is 11.3 Å². The number of hydrogen-bond donors (Lipinski definition) is 1. The summed E-state index contributed by atoms with van der Waals surface area (Å²) in [7, 11) is 2.17. The predicted octanol–water partition coefficient (Wildman–Crippen LogP) is 3.41. The second-order valence-corrected chi connectivity index (χ2v) is 7.34. The zero-order chi connectivity index (χ0) is 15.7. The summed E-state index contributed by atoms with van der Waals surface area (Å²) >= 11 is 1.67. The van der Waals surface area contributed by atoms with Gasteiger partial charge in [-0.05, 0) is 47.2 Å². The molecular formula is C16H23N5S. The second kappa shape index (κ2) is 6.30. The lowest BCUT2D eigenvalue weighted by Crippen LogP contribution is -2.31. The Kier molecular flexibility index (Phi) is 4.40. The number of hydrogen-bond acceptors (Lipinski definition) is 6. The fourth-order valence-corrected chi connectivity index (χ4v) is 3.67. The fraction of sp³-hybridized carbons (Fsp3) is 0.562. The average molecular weight is 317 g/mol. The molecule has 0 saturated carbocycles. The van der Waals surface area contributed by atoms with Crippen LogP contribution in [0.25, 0.3) is 0 Å². The first-order valence-electron chi connectivity index (χ1n) is 7.76. The third-order valence-corrected chi connectivity index (χ3v) is 5.11. The van der Waals surface area contributed by atoms with Crippen molar-refractivity contribution >= 4 is 22.3 Å². The van der Waals surface area contributed by atoms with Gasteiger partial charge in [0, 0.05) is 29.1 Å². The highest BCUT2D eigenvalue weighted by atomic mass is 32.1. The van der Waals surface area contributed by atoms with E-state index in [1.807, 2.05) is 19.9 Å². The number of thiazole rings is 1. The molecule has 0 aliphatic carbocycles. The van der Waals surface area contributed by atoms with Crippen molar-refractivity contribution in [1.82, 2.24) is 19.9 Å². The van der Waals surface area contributed by atoms with Crippen molar-refractivity contribution < 1.29 is 0 Å². The first-order valence-corrected chi connectivity index (χ1v) is 8.58. The summed E-state index contributed by atoms with van der Waals surface area (Å²) in [5.41, 5.74) is 2.08. The van der Waals surface area contributed by atoms with Gasteiger partial charge in [-0.1, -0.05) is 0 Å². The molecule has 1 saturated heterocycles. The molecule has 1 aliphatic rings. The maximum atomic E-state index is 4.74. The summed E-state index contributed by atoms with van der Waals surface area (Å²) in [6.45, 7) is 8.36. The van der Waals surface area contributed by atoms with E-state index in [0.29, 0.717) is 5.92 Å². The molecule has 0 amide bonds. The number of anilines is 2. The van der Waals surface area contributed by atoms with Crippen LogP contribution in [0.1, 0.15) is 40.8 Å². The highest BCUT2D eigenvalue weighted by Crippen LogP contribution is 2.27. The molecule has 22 heavy (non-hydrogen) atoms. The molecule has 1 N–H and O–H groups in total. The number of nitrogens with one attached hydrogen (secondary N) is 1. The molecule has 1 fully saturated rings. The Balaban J connectivity index is 1.83. The quantitative estimate of drug-likeness (QED) is 0.940. The molecule has 1 atom stereocenters. The van der Waals surface area contributed by atoms with Gasteiger partial charge in [-0.3, -0.25) is 0 Å². The van der Waals surface area contributed by atoms with Crippen molar-refractivity contribution in [1.29, 1.82) is 0 Å². The molecule has 2 aromatic rings. The van der Waals surface area contributed by atoms with Crippen LogP contribution in [-0.2, 0) is 0 Å². The Bertz CT molecular complexity index is 647. The van der Waals surface area contributed by atoms with Crippen LogP contribution < -0.4 is 5.32 Å². The van der Waals surface area contributed by atoms with Gasteiger partial charge in [0.25, 0.3) is 0 Å². The molecule has 0 aromatic carbocycles. The Hall–Kier alpha value is -1.53. The lowest BCUT2D eigenvalue weighted by Gasteiger charge is -2.28. The molecule has 0 bridgehead atoms. The van der Waals surface area contributed by atoms with Crippen LogP contribution in [0, 0.1) is 20.8 Å². The predicted molar refractivity (Wildman–Crippen MR) is 91.1 cm³/mol. The van der Waals surface area contributed by atoms with E-state index in [1.165, 1.54) is 24.3 Å². The Labute approximate surface area is 135 Å². The average Bonchev–Trinajstić information content (AvgIpc) is 2.76. The molecule has 2 aromatic heterocycles. The second-order valence-electron chi connectivity index (χ2n) is 6.14. The van der Waals surface area contributed by atoms with E-state index in [2.05, 4.69) is 34.2 Å². The van der Waals surface area contributed by atoms with Crippen LogP contribution >= 0.6 is 11.3 Å². The highest BCUT2D eigenvalue weighted by molar-refractivity contribution is 7.15. The topological polar surface area (TPSA) is 53.9 Å². The smallest absolute Gasteiger partial charge is 0.188 e. The molecule has 0 unspecified atom stereocenters. The number of rotatable bonds is 3. The van der Waals surface area contributed by atoms with Gasteiger partial charge in [0.1, 0.15) is 11.6 Å². The van der Waals surface area contributed by atoms with E-state index < -0.39 is 0 Å². The lowest BCUT2D eigenvalue weighted by atomic mass is 9.97. The van der Waals surface area contributed by atoms with Crippen LogP contribution in [-0.4, -0.2) is 40.0 Å². The molecule has 3 rings (SSSR count). The molecule has 6 heteroatoms. The molecule has 5 nitrogen and oxygen atoms in total. The van der Waals surface area contributed by atoms with Gasteiger partial charge in [0.15, 0.2) is 5.13 Å². The first-order chi connectivity index (χ1) is 10.5. The highest BCUT2D eigenvalue weighted by Gasteiger charge is 2.22. The van der Waals surface area contributed by atoms with Gasteiger partial charge in [0.2, 0.25) is 0 Å². The minimum Gasteiger partial charge on any atom is -0.316 e. The van der Waals surface area contributed by atoms with E-state index in [1.54, 1.807) is 11.3 Å². The lowest BCUT2D eigenvalue weighted by molar-refractivity contribution is 0.246. The normalized spacial score (nSPS) is 19.4. The van der Waals surface area contributed by atoms with Gasteiger partial charge < -0.3 is 10.2 Å². The van der Waals surface area contributed by atoms with Crippen molar-refractivity contribution in [3.63, 3.8) is 0 Å². The van der Waals surface area contributed by atoms with Crippen LogP contribution in [0.5, 0.6) is 0 Å². The van der Waals surface area contributed by atoms with Crippen molar-refractivity contribution in [3.8, 4) is 0 Å². The Morgan fingerprint density at radius 3 is 2.73 bits per heavy atom. The summed E-state index contributed by atoms with van der Waals surface area (Å²) in [5, 5.41) is 4.24. The van der Waals surface area contributed by atoms with E-state index in [-0.39, 0.29) is 0 Å². The Morgan fingerprint density at radius 1 is 1.23 bits per heavy atom. The van der Waals surface area contributed by atoms with E-state index in [9.17, 15) is 0 Å². The number of likely N-dealkylation sites (tertiary alicyclic amines) is 1. The van der Waals surface area contributed by atoms with E-state index in [4.69, 9.17) is 4.98 Å². The third kappa shape index (κ3) is 3.44. The number of likely N-dealkylation sites (N-methyl/N-ethyl adjacent to an activating group) is 1. The third-order valence-electron chi connectivity index (χ3n) is 4.12. The maximum Gasteiger partial charge on any atom is 0.188 e. The number of aryl methyl sites for hydroxylation is 3. The van der Waals surface area contributed by atoms with Gasteiger partial charge in [0.05, 0.1) is 5.69 Å². The summed E-state index contributed by atoms with van der Waals surface area (Å²) in [6.07, 6.45) is 2.38. The minimum atomic E-state index is 0.430. The molecule has 0 radical (unpaired) electrons. The van der Waals surface area contributed by atoms with Crippen LogP contribution in [0.2, 0.25) is 0 Å². The van der Waals surface area contributed by atoms with Crippen LogP contribution in [0.4, 0.5) is 10.9 Å². The van der Waals surface area contributed by atoms with Crippen LogP contribution in [0.15, 0.2) is 6.07 Å². The molecule has 1 aliphatic heterocycles. The van der Waals surface area contributed by atoms with Crippen LogP contribution in [0.3, 0.4) is 0 Å². The summed E-state index contributed by atoms with van der Waals surface area (Å²) < 4.78 is 0. The first kappa shape index (κ1) is 15.4. The zero-order valence-corrected chi connectivity index (χ0v) is 14.5. The monoisotopic (exact) mass is 317 g/mol. The largest absolute Gasteiger partial charge is 0.316 e. The summed E-state index contributed by atoms with van der Waals surface area (Å²) in [5.74, 6) is 2.24. The Morgan fingerprint density at radius 2 is 2.05 bits per heavy atom. The van der Waals surface area contributed by atoms with Gasteiger partial charge in [-0.2, -0.15) is 0 Å². The number of piperidine rings is 1. The molecular weight excluding hydrogens is 294 g/mol. The van der Waals surface area contributed by atoms with Gasteiger partial charge in [-0.25, -0.2) is 15.0 Å². The summed E-state index contributed by atoms with van der Waals surface area (Å²) in [4.78, 5) is 17.5. The SMILES string of the molecule is Cc1cc(Nc2nc(C)c(C)s2)nc([C@H]2CCCN(C)C2)n1. The fourth-order valence-electron chi connectivity index (χ4n) is 2.85. The number of aromatic nitrogens is 3.